The van der Waals surface area contributed by atoms with Crippen LogP contribution in [0.2, 0.25) is 10.0 Å². The molecule has 3 aromatic rings. The zero-order valence-corrected chi connectivity index (χ0v) is 17.0. The maximum atomic E-state index is 9.91. The van der Waals surface area contributed by atoms with Gasteiger partial charge in [0.2, 0.25) is 5.88 Å². The second-order valence-corrected chi connectivity index (χ2v) is 7.39. The molecule has 0 bridgehead atoms. The number of halogens is 2. The molecular formula is C18H16Cl2N4O4S. The maximum Gasteiger partial charge on any atom is 0.236 e. The van der Waals surface area contributed by atoms with E-state index in [9.17, 15) is 5.11 Å². The molecule has 0 radical (unpaired) electrons. The van der Waals surface area contributed by atoms with Crippen molar-refractivity contribution in [2.45, 2.75) is 6.29 Å². The number of anilines is 2. The Hall–Kier alpha value is -2.56. The van der Waals surface area contributed by atoms with E-state index in [0.717, 1.165) is 11.5 Å². The molecule has 1 heterocycles. The van der Waals surface area contributed by atoms with Gasteiger partial charge in [0.25, 0.3) is 0 Å². The van der Waals surface area contributed by atoms with E-state index in [1.54, 1.807) is 42.5 Å². The van der Waals surface area contributed by atoms with Crippen molar-refractivity contribution in [2.75, 3.05) is 11.9 Å². The minimum Gasteiger partial charge on any atom is -0.492 e. The van der Waals surface area contributed by atoms with Gasteiger partial charge in [0.1, 0.15) is 27.9 Å². The fraction of sp³-hybridized carbons (Fsp3) is 0.111. The molecule has 3 rings (SSSR count). The van der Waals surface area contributed by atoms with Crippen LogP contribution in [0.4, 0.5) is 10.7 Å². The average molecular weight is 455 g/mol. The lowest BCUT2D eigenvalue weighted by atomic mass is 10.2. The molecule has 0 saturated carbocycles. The van der Waals surface area contributed by atoms with Crippen LogP contribution in [0.5, 0.6) is 17.4 Å². The lowest BCUT2D eigenvalue weighted by molar-refractivity contribution is -0.0341. The van der Waals surface area contributed by atoms with Crippen molar-refractivity contribution in [3.63, 3.8) is 0 Å². The summed E-state index contributed by atoms with van der Waals surface area (Å²) in [6.45, 7) is -0.257. The van der Waals surface area contributed by atoms with Crippen molar-refractivity contribution in [1.82, 2.24) is 9.69 Å². The number of hydrogen-bond acceptors (Lipinski definition) is 8. The monoisotopic (exact) mass is 454 g/mol. The van der Waals surface area contributed by atoms with E-state index in [1.165, 1.54) is 0 Å². The van der Waals surface area contributed by atoms with Crippen molar-refractivity contribution < 1.29 is 20.1 Å². The van der Waals surface area contributed by atoms with Crippen molar-refractivity contribution in [1.29, 1.82) is 5.41 Å². The molecule has 0 saturated heterocycles. The smallest absolute Gasteiger partial charge is 0.236 e. The van der Waals surface area contributed by atoms with Gasteiger partial charge in [-0.05, 0) is 54.0 Å². The molecule has 1 aromatic heterocycles. The van der Waals surface area contributed by atoms with Crippen LogP contribution in [0, 0.1) is 5.41 Å². The third kappa shape index (κ3) is 5.49. The molecule has 0 amide bonds. The Morgan fingerprint density at radius 1 is 1.17 bits per heavy atom. The van der Waals surface area contributed by atoms with E-state index in [1.807, 2.05) is 0 Å². The second kappa shape index (κ2) is 9.29. The summed E-state index contributed by atoms with van der Waals surface area (Å²) in [5.41, 5.74) is 0.795. The maximum absolute atomic E-state index is 9.91. The molecule has 2 aromatic carbocycles. The Labute approximate surface area is 180 Å². The van der Waals surface area contributed by atoms with Crippen LogP contribution >= 0.6 is 34.7 Å². The Balaban J connectivity index is 1.71. The average Bonchev–Trinajstić information content (AvgIpc) is 3.03. The first kappa shape index (κ1) is 21.2. The van der Waals surface area contributed by atoms with E-state index in [2.05, 4.69) is 15.0 Å². The number of aliphatic hydroxyl groups is 2. The fourth-order valence-electron chi connectivity index (χ4n) is 2.30. The Morgan fingerprint density at radius 2 is 1.90 bits per heavy atom. The van der Waals surface area contributed by atoms with Crippen LogP contribution in [0.3, 0.4) is 0 Å². The topological polar surface area (TPSA) is 131 Å². The number of benzene rings is 2. The van der Waals surface area contributed by atoms with Crippen molar-refractivity contribution in [2.24, 2.45) is 0 Å². The van der Waals surface area contributed by atoms with Gasteiger partial charge in [0.15, 0.2) is 6.29 Å². The minimum atomic E-state index is -1.62. The number of nitrogens with one attached hydrogen (secondary N) is 3. The largest absolute Gasteiger partial charge is 0.492 e. The molecule has 0 aliphatic carbocycles. The van der Waals surface area contributed by atoms with Gasteiger partial charge in [-0.3, -0.25) is 5.41 Å². The highest BCUT2D eigenvalue weighted by molar-refractivity contribution is 7.11. The van der Waals surface area contributed by atoms with Crippen molar-refractivity contribution >= 4 is 51.3 Å². The van der Waals surface area contributed by atoms with Gasteiger partial charge in [0, 0.05) is 10.7 Å². The van der Waals surface area contributed by atoms with Gasteiger partial charge < -0.3 is 30.7 Å². The number of aromatic hydroxyl groups is 1. The second-order valence-electron chi connectivity index (χ2n) is 5.77. The molecule has 0 atom stereocenters. The van der Waals surface area contributed by atoms with Crippen molar-refractivity contribution in [3.05, 3.63) is 58.1 Å². The summed E-state index contributed by atoms with van der Waals surface area (Å²) < 4.78 is 9.56. The summed E-state index contributed by atoms with van der Waals surface area (Å²) in [6.07, 6.45) is -1.62. The molecule has 29 heavy (non-hydrogen) atoms. The number of aromatic nitrogens is 1. The normalized spacial score (nSPS) is 10.8. The Bertz CT molecular complexity index is 1010. The summed E-state index contributed by atoms with van der Waals surface area (Å²) in [6, 6.07) is 11.9. The molecular weight excluding hydrogens is 439 g/mol. The molecule has 0 aliphatic rings. The van der Waals surface area contributed by atoms with Crippen LogP contribution in [-0.2, 0) is 0 Å². The third-order valence-electron chi connectivity index (χ3n) is 3.62. The van der Waals surface area contributed by atoms with Crippen LogP contribution in [0.15, 0.2) is 42.5 Å². The zero-order valence-electron chi connectivity index (χ0n) is 14.7. The number of ether oxygens (including phenoxy) is 1. The van der Waals surface area contributed by atoms with E-state index < -0.39 is 6.29 Å². The number of rotatable bonds is 7. The molecule has 0 aliphatic heterocycles. The van der Waals surface area contributed by atoms with E-state index in [4.69, 9.17) is 43.6 Å². The molecule has 0 spiro atoms. The molecule has 6 N–H and O–H groups in total. The van der Waals surface area contributed by atoms with Crippen molar-refractivity contribution in [3.8, 4) is 17.4 Å². The molecule has 0 fully saturated rings. The first-order valence-electron chi connectivity index (χ1n) is 8.21. The highest BCUT2D eigenvalue weighted by atomic mass is 35.5. The highest BCUT2D eigenvalue weighted by Gasteiger charge is 2.18. The summed E-state index contributed by atoms with van der Waals surface area (Å²) in [5.74, 6) is 0.500. The molecule has 11 heteroatoms. The van der Waals surface area contributed by atoms with Gasteiger partial charge >= 0.3 is 0 Å². The van der Waals surface area contributed by atoms with Crippen LogP contribution < -0.4 is 15.4 Å². The molecule has 0 unspecified atom stereocenters. The number of aliphatic hydroxyl groups excluding tert-OH is 1. The first-order chi connectivity index (χ1) is 13.8. The quantitative estimate of drug-likeness (QED) is 0.181. The van der Waals surface area contributed by atoms with Gasteiger partial charge in [-0.25, -0.2) is 0 Å². The standard InChI is InChI=1S/C18H16Cl2N4O4S/c19-9-1-6-13(12(20)7-9)28-11-4-2-10(3-5-11)23-18-15(17(27)24-29-18)16(21)22-8-14(25)26/h1-7,14,23,25-26H,8H2,(H2,21,22)(H,24,27). The lowest BCUT2D eigenvalue weighted by Gasteiger charge is -2.12. The summed E-state index contributed by atoms with van der Waals surface area (Å²) in [5, 5.41) is 42.6. The predicted octanol–water partition coefficient (Wildman–Crippen LogP) is 3.92. The van der Waals surface area contributed by atoms with Crippen LogP contribution in [-0.4, -0.2) is 38.4 Å². The minimum absolute atomic E-state index is 0.129. The first-order valence-corrected chi connectivity index (χ1v) is 9.74. The number of nitrogens with zero attached hydrogens (tertiary/aromatic N) is 1. The summed E-state index contributed by atoms with van der Waals surface area (Å²) in [7, 11) is 0. The van der Waals surface area contributed by atoms with Gasteiger partial charge in [-0.2, -0.15) is 4.37 Å². The van der Waals surface area contributed by atoms with Gasteiger partial charge in [0.05, 0.1) is 11.6 Å². The number of hydrogen-bond donors (Lipinski definition) is 6. The van der Waals surface area contributed by atoms with Gasteiger partial charge in [-0.15, -0.1) is 0 Å². The Kier molecular flexibility index (Phi) is 6.78. The highest BCUT2D eigenvalue weighted by Crippen LogP contribution is 2.34. The van der Waals surface area contributed by atoms with Crippen LogP contribution in [0.1, 0.15) is 5.56 Å². The molecule has 152 valence electrons. The van der Waals surface area contributed by atoms with E-state index >= 15 is 0 Å². The molecule has 8 nitrogen and oxygen atoms in total. The predicted molar refractivity (Wildman–Crippen MR) is 113 cm³/mol. The van der Waals surface area contributed by atoms with E-state index in [0.29, 0.717) is 32.2 Å². The Morgan fingerprint density at radius 3 is 2.55 bits per heavy atom. The summed E-state index contributed by atoms with van der Waals surface area (Å²) >= 11 is 12.9. The van der Waals surface area contributed by atoms with E-state index in [-0.39, 0.29) is 23.8 Å². The zero-order chi connectivity index (χ0) is 21.0. The van der Waals surface area contributed by atoms with Crippen LogP contribution in [0.25, 0.3) is 0 Å². The fourth-order valence-corrected chi connectivity index (χ4v) is 3.46. The number of amidine groups is 1. The SMILES string of the molecule is N=C(NCC(O)O)c1c(O)nsc1Nc1ccc(Oc2ccc(Cl)cc2Cl)cc1. The lowest BCUT2D eigenvalue weighted by Crippen LogP contribution is -2.32. The third-order valence-corrected chi connectivity index (χ3v) is 4.90. The summed E-state index contributed by atoms with van der Waals surface area (Å²) in [4.78, 5) is 0. The van der Waals surface area contributed by atoms with Gasteiger partial charge in [-0.1, -0.05) is 23.2 Å².